The van der Waals surface area contributed by atoms with Gasteiger partial charge in [-0.3, -0.25) is 9.59 Å². The number of amides is 2. The summed E-state index contributed by atoms with van der Waals surface area (Å²) in [4.78, 5) is 28.8. The molecule has 2 fully saturated rings. The Bertz CT molecular complexity index is 1100. The van der Waals surface area contributed by atoms with Gasteiger partial charge in [-0.15, -0.1) is 0 Å². The fraction of sp³-hybridized carbons (Fsp3) is 0.417. The van der Waals surface area contributed by atoms with Crippen molar-refractivity contribution in [3.63, 3.8) is 0 Å². The van der Waals surface area contributed by atoms with Crippen molar-refractivity contribution in [3.8, 4) is 5.75 Å². The highest BCUT2D eigenvalue weighted by molar-refractivity contribution is 7.89. The van der Waals surface area contributed by atoms with Gasteiger partial charge in [0.2, 0.25) is 21.8 Å². The third-order valence-corrected chi connectivity index (χ3v) is 8.16. The summed E-state index contributed by atoms with van der Waals surface area (Å²) < 4.78 is 32.1. The van der Waals surface area contributed by atoms with Crippen LogP contribution in [0.15, 0.2) is 54.6 Å². The van der Waals surface area contributed by atoms with Crippen LogP contribution in [0.1, 0.15) is 6.42 Å². The highest BCUT2D eigenvalue weighted by Gasteiger charge is 2.35. The zero-order valence-corrected chi connectivity index (χ0v) is 20.0. The van der Waals surface area contributed by atoms with Gasteiger partial charge in [-0.1, -0.05) is 18.2 Å². The Kier molecular flexibility index (Phi) is 7.38. The summed E-state index contributed by atoms with van der Waals surface area (Å²) in [6.45, 7) is 2.37. The summed E-state index contributed by atoms with van der Waals surface area (Å²) in [5.41, 5.74) is 1.79. The van der Waals surface area contributed by atoms with E-state index in [4.69, 9.17) is 4.74 Å². The summed E-state index contributed by atoms with van der Waals surface area (Å²) in [5, 5.41) is 2.71. The van der Waals surface area contributed by atoms with Gasteiger partial charge in [0, 0.05) is 57.1 Å². The lowest BCUT2D eigenvalue weighted by atomic mass is 10.1. The average Bonchev–Trinajstić information content (AvgIpc) is 3.26. The van der Waals surface area contributed by atoms with Crippen molar-refractivity contribution >= 4 is 33.2 Å². The summed E-state index contributed by atoms with van der Waals surface area (Å²) in [6.07, 6.45) is 0.103. The summed E-state index contributed by atoms with van der Waals surface area (Å²) in [5.74, 6) is -0.408. The lowest BCUT2D eigenvalue weighted by Gasteiger charge is -2.35. The van der Waals surface area contributed by atoms with Gasteiger partial charge in [0.1, 0.15) is 5.75 Å². The first-order valence-electron chi connectivity index (χ1n) is 11.4. The maximum Gasteiger partial charge on any atom is 0.227 e. The lowest BCUT2D eigenvalue weighted by molar-refractivity contribution is -0.126. The number of carbonyl (C=O) groups excluding carboxylic acids is 2. The van der Waals surface area contributed by atoms with Crippen molar-refractivity contribution in [1.29, 1.82) is 0 Å². The smallest absolute Gasteiger partial charge is 0.227 e. The van der Waals surface area contributed by atoms with E-state index in [9.17, 15) is 18.0 Å². The molecule has 2 aromatic carbocycles. The monoisotopic (exact) mass is 486 g/mol. The van der Waals surface area contributed by atoms with Gasteiger partial charge in [0.25, 0.3) is 0 Å². The second-order valence-corrected chi connectivity index (χ2v) is 10.5. The predicted molar refractivity (Wildman–Crippen MR) is 130 cm³/mol. The second kappa shape index (κ2) is 10.4. The van der Waals surface area contributed by atoms with E-state index in [0.717, 1.165) is 5.69 Å². The first-order chi connectivity index (χ1) is 16.4. The van der Waals surface area contributed by atoms with Crippen LogP contribution in [0, 0.1) is 5.92 Å². The lowest BCUT2D eigenvalue weighted by Crippen LogP contribution is -2.50. The van der Waals surface area contributed by atoms with Gasteiger partial charge < -0.3 is 19.9 Å². The van der Waals surface area contributed by atoms with Crippen LogP contribution in [-0.4, -0.2) is 76.7 Å². The topological polar surface area (TPSA) is 99.3 Å². The third kappa shape index (κ3) is 5.51. The molecule has 2 aliphatic rings. The van der Waals surface area contributed by atoms with E-state index in [1.807, 2.05) is 30.3 Å². The van der Waals surface area contributed by atoms with Crippen molar-refractivity contribution in [2.45, 2.75) is 6.42 Å². The number of carbonyl (C=O) groups is 2. The highest BCUT2D eigenvalue weighted by atomic mass is 32.2. The predicted octanol–water partition coefficient (Wildman–Crippen LogP) is 1.32. The second-order valence-electron chi connectivity index (χ2n) is 8.43. The van der Waals surface area contributed by atoms with Crippen LogP contribution in [-0.2, 0) is 19.6 Å². The summed E-state index contributed by atoms with van der Waals surface area (Å²) in [6, 6.07) is 17.0. The molecule has 2 saturated heterocycles. The molecule has 0 spiro atoms. The number of para-hydroxylation sites is 1. The first kappa shape index (κ1) is 24.0. The number of sulfonamides is 1. The van der Waals surface area contributed by atoms with Crippen molar-refractivity contribution in [1.82, 2.24) is 9.62 Å². The van der Waals surface area contributed by atoms with Gasteiger partial charge in [-0.25, -0.2) is 8.42 Å². The number of nitrogens with zero attached hydrogens (tertiary/aromatic N) is 3. The molecule has 0 bridgehead atoms. The number of ether oxygens (including phenoxy) is 1. The Morgan fingerprint density at radius 3 is 2.32 bits per heavy atom. The first-order valence-corrected chi connectivity index (χ1v) is 13.0. The van der Waals surface area contributed by atoms with Gasteiger partial charge in [0.15, 0.2) is 0 Å². The quantitative estimate of drug-likeness (QED) is 0.604. The van der Waals surface area contributed by atoms with Crippen molar-refractivity contribution in [2.75, 3.05) is 61.9 Å². The molecule has 10 heteroatoms. The largest absolute Gasteiger partial charge is 0.497 e. The molecule has 2 heterocycles. The highest BCUT2D eigenvalue weighted by Crippen LogP contribution is 2.27. The maximum absolute atomic E-state index is 12.8. The van der Waals surface area contributed by atoms with E-state index in [2.05, 4.69) is 10.2 Å². The van der Waals surface area contributed by atoms with Crippen LogP contribution in [0.25, 0.3) is 0 Å². The van der Waals surface area contributed by atoms with Gasteiger partial charge in [-0.2, -0.15) is 4.31 Å². The molecule has 2 aromatic rings. The minimum atomic E-state index is -3.48. The summed E-state index contributed by atoms with van der Waals surface area (Å²) >= 11 is 0. The Hall–Kier alpha value is -3.11. The zero-order chi connectivity index (χ0) is 24.1. The van der Waals surface area contributed by atoms with E-state index in [1.165, 1.54) is 4.31 Å². The molecule has 2 aliphatic heterocycles. The van der Waals surface area contributed by atoms with E-state index in [0.29, 0.717) is 37.6 Å². The van der Waals surface area contributed by atoms with Crippen molar-refractivity contribution < 1.29 is 22.7 Å². The minimum Gasteiger partial charge on any atom is -0.497 e. The number of piperazine rings is 1. The standard InChI is InChI=1S/C24H30N4O5S/c1-33-22-9-7-21(8-10-22)28-18-19(17-23(28)29)24(30)25-11-16-34(31,32)27-14-12-26(13-15-27)20-5-3-2-4-6-20/h2-10,19H,11-18H2,1H3,(H,25,30)/t19-/m1/s1. The molecule has 0 aromatic heterocycles. The van der Waals surface area contributed by atoms with Crippen LogP contribution in [0.4, 0.5) is 11.4 Å². The molecule has 1 atom stereocenters. The molecule has 182 valence electrons. The minimum absolute atomic E-state index is 0.0211. The number of benzene rings is 2. The van der Waals surface area contributed by atoms with Gasteiger partial charge >= 0.3 is 0 Å². The van der Waals surface area contributed by atoms with E-state index >= 15 is 0 Å². The van der Waals surface area contributed by atoms with E-state index in [-0.39, 0.29) is 37.1 Å². The van der Waals surface area contributed by atoms with Crippen molar-refractivity contribution in [2.24, 2.45) is 5.92 Å². The molecule has 0 saturated carbocycles. The Balaban J connectivity index is 1.23. The molecule has 34 heavy (non-hydrogen) atoms. The number of hydrogen-bond donors (Lipinski definition) is 1. The van der Waals surface area contributed by atoms with Crippen LogP contribution in [0.5, 0.6) is 5.75 Å². The Labute approximate surface area is 200 Å². The van der Waals surface area contributed by atoms with E-state index in [1.54, 1.807) is 36.3 Å². The van der Waals surface area contributed by atoms with Crippen LogP contribution < -0.4 is 19.9 Å². The molecule has 2 amide bonds. The molecule has 0 radical (unpaired) electrons. The molecular formula is C24H30N4O5S. The van der Waals surface area contributed by atoms with Gasteiger partial charge in [0.05, 0.1) is 18.8 Å². The Morgan fingerprint density at radius 2 is 1.68 bits per heavy atom. The number of hydrogen-bond acceptors (Lipinski definition) is 6. The fourth-order valence-corrected chi connectivity index (χ4v) is 5.67. The summed E-state index contributed by atoms with van der Waals surface area (Å²) in [7, 11) is -1.91. The van der Waals surface area contributed by atoms with E-state index < -0.39 is 15.9 Å². The number of nitrogens with one attached hydrogen (secondary N) is 1. The van der Waals surface area contributed by atoms with Gasteiger partial charge in [-0.05, 0) is 36.4 Å². The van der Waals surface area contributed by atoms with Crippen molar-refractivity contribution in [3.05, 3.63) is 54.6 Å². The van der Waals surface area contributed by atoms with Crippen LogP contribution in [0.3, 0.4) is 0 Å². The number of methoxy groups -OCH3 is 1. The molecule has 0 aliphatic carbocycles. The zero-order valence-electron chi connectivity index (χ0n) is 19.2. The number of rotatable bonds is 8. The van der Waals surface area contributed by atoms with Crippen LogP contribution >= 0.6 is 0 Å². The molecule has 9 nitrogen and oxygen atoms in total. The fourth-order valence-electron chi connectivity index (χ4n) is 4.33. The molecule has 1 N–H and O–H groups in total. The Morgan fingerprint density at radius 1 is 1.00 bits per heavy atom. The SMILES string of the molecule is COc1ccc(N2C[C@H](C(=O)NCCS(=O)(=O)N3CCN(c4ccccc4)CC3)CC2=O)cc1. The molecular weight excluding hydrogens is 456 g/mol. The third-order valence-electron chi connectivity index (χ3n) is 6.29. The van der Waals surface area contributed by atoms with Crippen LogP contribution in [0.2, 0.25) is 0 Å². The average molecular weight is 487 g/mol. The normalized spacial score (nSPS) is 19.3. The molecule has 0 unspecified atom stereocenters. The molecule has 4 rings (SSSR count). The number of anilines is 2. The maximum atomic E-state index is 12.8.